The maximum absolute atomic E-state index is 9.95. The fourth-order valence-electron chi connectivity index (χ4n) is 2.97. The highest BCUT2D eigenvalue weighted by Crippen LogP contribution is 2.19. The summed E-state index contributed by atoms with van der Waals surface area (Å²) in [6.07, 6.45) is 12.1. The number of hydrogen-bond donors (Lipinski definition) is 3. The first-order chi connectivity index (χ1) is 11.7. The monoisotopic (exact) mass is 344 g/mol. The molecule has 142 valence electrons. The van der Waals surface area contributed by atoms with Crippen LogP contribution in [-0.4, -0.2) is 59.6 Å². The molecule has 5 heteroatoms. The zero-order chi connectivity index (χ0) is 17.6. The molecule has 1 aliphatic rings. The summed E-state index contributed by atoms with van der Waals surface area (Å²) in [4.78, 5) is 0. The Hall–Kier alpha value is -0.460. The lowest BCUT2D eigenvalue weighted by molar-refractivity contribution is -0.211. The van der Waals surface area contributed by atoms with Gasteiger partial charge in [-0.25, -0.2) is 0 Å². The van der Waals surface area contributed by atoms with Crippen molar-refractivity contribution in [1.29, 1.82) is 0 Å². The maximum atomic E-state index is 9.95. The number of ether oxygens (including phenoxy) is 2. The standard InChI is InChI=1S/C19H36O5/c1-2-3-4-5-6-7-8-9-10-11-12-13-23-19-17(14-20)24-15-16(21)18(19)22/h3-4,16-22H,2,5-15H2,1H3/b4-3+/t16-,17+,18+,19+/m0/s1. The summed E-state index contributed by atoms with van der Waals surface area (Å²) >= 11 is 0. The smallest absolute Gasteiger partial charge is 0.114 e. The van der Waals surface area contributed by atoms with Crippen molar-refractivity contribution in [3.8, 4) is 0 Å². The largest absolute Gasteiger partial charge is 0.394 e. The molecule has 1 aliphatic heterocycles. The molecule has 0 amide bonds. The van der Waals surface area contributed by atoms with Crippen LogP contribution >= 0.6 is 0 Å². The Bertz CT molecular complexity index is 319. The molecule has 5 nitrogen and oxygen atoms in total. The Morgan fingerprint density at radius 3 is 2.33 bits per heavy atom. The lowest BCUT2D eigenvalue weighted by Gasteiger charge is -2.37. The molecule has 0 aromatic rings. The molecular weight excluding hydrogens is 308 g/mol. The van der Waals surface area contributed by atoms with Crippen molar-refractivity contribution in [2.45, 2.75) is 89.1 Å². The first kappa shape index (κ1) is 21.6. The van der Waals surface area contributed by atoms with Crippen molar-refractivity contribution >= 4 is 0 Å². The molecule has 0 radical (unpaired) electrons. The number of aliphatic hydroxyl groups is 3. The normalized spacial score (nSPS) is 27.8. The van der Waals surface area contributed by atoms with Gasteiger partial charge in [-0.15, -0.1) is 0 Å². The number of rotatable bonds is 13. The van der Waals surface area contributed by atoms with Crippen molar-refractivity contribution in [2.75, 3.05) is 19.8 Å². The van der Waals surface area contributed by atoms with Gasteiger partial charge in [0.15, 0.2) is 0 Å². The molecule has 1 saturated heterocycles. The SMILES string of the molecule is CC/C=C/CCCCCCCCCO[C@H]1[C@H](O)[C@@H](O)CO[C@@H]1CO. The van der Waals surface area contributed by atoms with Crippen LogP contribution in [0.15, 0.2) is 12.2 Å². The van der Waals surface area contributed by atoms with Crippen LogP contribution in [0.3, 0.4) is 0 Å². The third-order valence-electron chi connectivity index (χ3n) is 4.49. The topological polar surface area (TPSA) is 79.2 Å². The fourth-order valence-corrected chi connectivity index (χ4v) is 2.97. The minimum atomic E-state index is -0.988. The summed E-state index contributed by atoms with van der Waals surface area (Å²) in [6, 6.07) is 0. The van der Waals surface area contributed by atoms with Gasteiger partial charge >= 0.3 is 0 Å². The Morgan fingerprint density at radius 2 is 1.67 bits per heavy atom. The second kappa shape index (κ2) is 13.8. The van der Waals surface area contributed by atoms with Crippen LogP contribution in [0, 0.1) is 0 Å². The van der Waals surface area contributed by atoms with Crippen LogP contribution < -0.4 is 0 Å². The zero-order valence-electron chi connectivity index (χ0n) is 15.1. The highest BCUT2D eigenvalue weighted by molar-refractivity contribution is 4.87. The summed E-state index contributed by atoms with van der Waals surface area (Å²) in [6.45, 7) is 2.52. The van der Waals surface area contributed by atoms with Crippen molar-refractivity contribution in [3.63, 3.8) is 0 Å². The van der Waals surface area contributed by atoms with E-state index in [9.17, 15) is 15.3 Å². The Morgan fingerprint density at radius 1 is 1.00 bits per heavy atom. The number of allylic oxidation sites excluding steroid dienone is 2. The van der Waals surface area contributed by atoms with E-state index in [0.29, 0.717) is 6.61 Å². The minimum absolute atomic E-state index is 0.0422. The predicted octanol–water partition coefficient (Wildman–Crippen LogP) is 2.57. The maximum Gasteiger partial charge on any atom is 0.114 e. The van der Waals surface area contributed by atoms with Crippen LogP contribution in [0.1, 0.15) is 64.7 Å². The molecule has 3 N–H and O–H groups in total. The molecule has 0 spiro atoms. The van der Waals surface area contributed by atoms with E-state index in [4.69, 9.17) is 9.47 Å². The van der Waals surface area contributed by atoms with E-state index in [1.54, 1.807) is 0 Å². The third-order valence-corrected chi connectivity index (χ3v) is 4.49. The second-order valence-corrected chi connectivity index (χ2v) is 6.59. The molecule has 1 rings (SSSR count). The van der Waals surface area contributed by atoms with E-state index >= 15 is 0 Å². The molecule has 1 fully saturated rings. The average Bonchev–Trinajstić information content (AvgIpc) is 2.59. The van der Waals surface area contributed by atoms with Crippen LogP contribution in [0.4, 0.5) is 0 Å². The molecule has 1 heterocycles. The third kappa shape index (κ3) is 8.58. The van der Waals surface area contributed by atoms with Crippen molar-refractivity contribution in [3.05, 3.63) is 12.2 Å². The molecule has 0 unspecified atom stereocenters. The van der Waals surface area contributed by atoms with Gasteiger partial charge in [-0.05, 0) is 25.7 Å². The number of aliphatic hydroxyl groups excluding tert-OH is 3. The van der Waals surface area contributed by atoms with E-state index in [1.165, 1.54) is 38.5 Å². The Balaban J connectivity index is 1.98. The fraction of sp³-hybridized carbons (Fsp3) is 0.895. The summed E-state index contributed by atoms with van der Waals surface area (Å²) in [5.41, 5.74) is 0. The summed E-state index contributed by atoms with van der Waals surface area (Å²) in [5, 5.41) is 28.8. The molecule has 0 saturated carbocycles. The van der Waals surface area contributed by atoms with Gasteiger partial charge < -0.3 is 24.8 Å². The molecule has 0 aliphatic carbocycles. The van der Waals surface area contributed by atoms with Gasteiger partial charge in [0, 0.05) is 6.61 Å². The van der Waals surface area contributed by atoms with E-state index in [0.717, 1.165) is 19.3 Å². The summed E-state index contributed by atoms with van der Waals surface area (Å²) in [7, 11) is 0. The van der Waals surface area contributed by atoms with Crippen LogP contribution in [0.25, 0.3) is 0 Å². The zero-order valence-corrected chi connectivity index (χ0v) is 15.1. The van der Waals surface area contributed by atoms with Crippen molar-refractivity contribution in [1.82, 2.24) is 0 Å². The quantitative estimate of drug-likeness (QED) is 0.353. The first-order valence-electron chi connectivity index (χ1n) is 9.55. The Labute approximate surface area is 146 Å². The van der Waals surface area contributed by atoms with Gasteiger partial charge in [0.2, 0.25) is 0 Å². The second-order valence-electron chi connectivity index (χ2n) is 6.59. The minimum Gasteiger partial charge on any atom is -0.394 e. The molecule has 0 aromatic heterocycles. The highest BCUT2D eigenvalue weighted by Gasteiger charge is 2.39. The molecular formula is C19H36O5. The number of unbranched alkanes of at least 4 members (excludes halogenated alkanes) is 7. The van der Waals surface area contributed by atoms with Crippen molar-refractivity contribution in [2.24, 2.45) is 0 Å². The lowest BCUT2D eigenvalue weighted by Crippen LogP contribution is -2.55. The van der Waals surface area contributed by atoms with E-state index in [-0.39, 0.29) is 13.2 Å². The van der Waals surface area contributed by atoms with Gasteiger partial charge in [-0.3, -0.25) is 0 Å². The average molecular weight is 344 g/mol. The Kier molecular flexibility index (Phi) is 12.4. The molecule has 24 heavy (non-hydrogen) atoms. The molecule has 0 aromatic carbocycles. The van der Waals surface area contributed by atoms with Gasteiger partial charge in [-0.2, -0.15) is 0 Å². The van der Waals surface area contributed by atoms with Crippen LogP contribution in [0.2, 0.25) is 0 Å². The van der Waals surface area contributed by atoms with E-state index in [1.807, 2.05) is 0 Å². The number of hydrogen-bond acceptors (Lipinski definition) is 5. The van der Waals surface area contributed by atoms with E-state index < -0.39 is 24.4 Å². The van der Waals surface area contributed by atoms with Crippen LogP contribution in [0.5, 0.6) is 0 Å². The lowest BCUT2D eigenvalue weighted by atomic mass is 10.0. The highest BCUT2D eigenvalue weighted by atomic mass is 16.6. The predicted molar refractivity (Wildman–Crippen MR) is 94.9 cm³/mol. The van der Waals surface area contributed by atoms with Gasteiger partial charge in [0.1, 0.15) is 24.4 Å². The summed E-state index contributed by atoms with van der Waals surface area (Å²) < 4.78 is 10.9. The molecule has 0 bridgehead atoms. The van der Waals surface area contributed by atoms with Gasteiger partial charge in [0.25, 0.3) is 0 Å². The van der Waals surface area contributed by atoms with Gasteiger partial charge in [0.05, 0.1) is 13.2 Å². The van der Waals surface area contributed by atoms with E-state index in [2.05, 4.69) is 19.1 Å². The van der Waals surface area contributed by atoms with Crippen LogP contribution in [-0.2, 0) is 9.47 Å². The first-order valence-corrected chi connectivity index (χ1v) is 9.55. The van der Waals surface area contributed by atoms with Crippen molar-refractivity contribution < 1.29 is 24.8 Å². The summed E-state index contributed by atoms with van der Waals surface area (Å²) in [5.74, 6) is 0. The van der Waals surface area contributed by atoms with Gasteiger partial charge in [-0.1, -0.05) is 51.2 Å². The molecule has 4 atom stereocenters.